The molecule has 2 atom stereocenters. The van der Waals surface area contributed by atoms with Crippen molar-refractivity contribution in [3.63, 3.8) is 0 Å². The van der Waals surface area contributed by atoms with Gasteiger partial charge < -0.3 is 14.6 Å². The Morgan fingerprint density at radius 2 is 2.15 bits per heavy atom. The van der Waals surface area contributed by atoms with Gasteiger partial charge in [0.1, 0.15) is 22.1 Å². The number of hydrogen-bond donors (Lipinski definition) is 1. The Morgan fingerprint density at radius 3 is 2.85 bits per heavy atom. The fourth-order valence-corrected chi connectivity index (χ4v) is 3.40. The lowest BCUT2D eigenvalue weighted by Crippen LogP contribution is -2.22. The normalized spacial score (nSPS) is 20.8. The number of carbonyl (C=O) groups is 1. The largest absolute Gasteiger partial charge is 0.497 e. The van der Waals surface area contributed by atoms with Crippen LogP contribution >= 0.6 is 11.8 Å². The van der Waals surface area contributed by atoms with Gasteiger partial charge in [0, 0.05) is 10.9 Å². The molecule has 1 aliphatic heterocycles. The second-order valence-corrected chi connectivity index (χ2v) is 5.58. The second-order valence-electron chi connectivity index (χ2n) is 4.45. The molecule has 104 valence electrons. The highest BCUT2D eigenvalue weighted by Crippen LogP contribution is 2.44. The van der Waals surface area contributed by atoms with E-state index in [1.54, 1.807) is 7.11 Å². The average Bonchev–Trinajstić information content (AvgIpc) is 2.80. The zero-order chi connectivity index (χ0) is 14.3. The number of rotatable bonds is 2. The minimum Gasteiger partial charge on any atom is -0.497 e. The Hall–Kier alpha value is -1.79. The summed E-state index contributed by atoms with van der Waals surface area (Å²) in [6, 6.07) is 7.38. The smallest absolute Gasteiger partial charge is 0.322 e. The molecule has 0 saturated carbocycles. The van der Waals surface area contributed by atoms with E-state index in [9.17, 15) is 9.90 Å². The Labute approximate surface area is 119 Å². The summed E-state index contributed by atoms with van der Waals surface area (Å²) in [4.78, 5) is 16.1. The third kappa shape index (κ3) is 2.01. The number of ether oxygens (including phenoxy) is 2. The lowest BCUT2D eigenvalue weighted by atomic mass is 10.1. The van der Waals surface area contributed by atoms with Gasteiger partial charge in [-0.25, -0.2) is 4.98 Å². The number of aromatic nitrogens is 1. The first-order valence-corrected chi connectivity index (χ1v) is 6.93. The van der Waals surface area contributed by atoms with Crippen LogP contribution in [-0.4, -0.2) is 35.5 Å². The topological polar surface area (TPSA) is 68.7 Å². The number of benzene rings is 1. The number of thioether (sulfide) groups is 1. The molecule has 0 amide bonds. The van der Waals surface area contributed by atoms with Gasteiger partial charge in [0.25, 0.3) is 0 Å². The molecule has 1 N–H and O–H groups in total. The van der Waals surface area contributed by atoms with Crippen LogP contribution in [0.1, 0.15) is 11.7 Å². The predicted octanol–water partition coefficient (Wildman–Crippen LogP) is 1.92. The first-order valence-electron chi connectivity index (χ1n) is 6.05. The van der Waals surface area contributed by atoms with Crippen LogP contribution in [0.3, 0.4) is 0 Å². The van der Waals surface area contributed by atoms with Crippen LogP contribution in [0.15, 0.2) is 29.3 Å². The van der Waals surface area contributed by atoms with Crippen molar-refractivity contribution in [3.8, 4) is 5.75 Å². The highest BCUT2D eigenvalue weighted by molar-refractivity contribution is 8.00. The van der Waals surface area contributed by atoms with Gasteiger partial charge in [-0.15, -0.1) is 0 Å². The summed E-state index contributed by atoms with van der Waals surface area (Å²) in [6.07, 6.45) is -0.898. The van der Waals surface area contributed by atoms with Crippen molar-refractivity contribution in [2.24, 2.45) is 0 Å². The van der Waals surface area contributed by atoms with Gasteiger partial charge in [-0.1, -0.05) is 11.8 Å². The van der Waals surface area contributed by atoms with Crippen molar-refractivity contribution in [1.82, 2.24) is 4.98 Å². The summed E-state index contributed by atoms with van der Waals surface area (Å²) >= 11 is 1.23. The third-order valence-electron chi connectivity index (χ3n) is 3.29. The fourth-order valence-electron chi connectivity index (χ4n) is 2.23. The maximum absolute atomic E-state index is 11.6. The molecule has 6 heteroatoms. The van der Waals surface area contributed by atoms with Crippen LogP contribution in [0.4, 0.5) is 0 Å². The number of aliphatic hydroxyl groups is 1. The van der Waals surface area contributed by atoms with E-state index in [2.05, 4.69) is 4.98 Å². The van der Waals surface area contributed by atoms with Gasteiger partial charge in [0.15, 0.2) is 0 Å². The third-order valence-corrected chi connectivity index (χ3v) is 4.55. The molecule has 0 fully saturated rings. The van der Waals surface area contributed by atoms with Gasteiger partial charge in [-0.2, -0.15) is 0 Å². The number of methoxy groups -OCH3 is 2. The minimum absolute atomic E-state index is 0.442. The molecular weight excluding hydrogens is 278 g/mol. The standard InChI is InChI=1S/C14H13NO4S/c1-18-8-3-4-10-7(5-8)6-9-11(16)12(14(17)19-2)20-13(9)15-10/h3-6,11-12,16H,1-2H3/t11-,12-/m0/s1. The molecule has 5 nitrogen and oxygen atoms in total. The number of aliphatic hydroxyl groups excluding tert-OH is 1. The molecule has 0 saturated heterocycles. The van der Waals surface area contributed by atoms with Crippen LogP contribution in [0.2, 0.25) is 0 Å². The van der Waals surface area contributed by atoms with Crippen molar-refractivity contribution in [2.75, 3.05) is 14.2 Å². The number of pyridine rings is 1. The summed E-state index contributed by atoms with van der Waals surface area (Å²) < 4.78 is 9.88. The van der Waals surface area contributed by atoms with Gasteiger partial charge in [-0.3, -0.25) is 4.79 Å². The van der Waals surface area contributed by atoms with Crippen molar-refractivity contribution in [2.45, 2.75) is 16.4 Å². The first-order chi connectivity index (χ1) is 9.63. The van der Waals surface area contributed by atoms with E-state index in [1.165, 1.54) is 18.9 Å². The van der Waals surface area contributed by atoms with Crippen molar-refractivity contribution < 1.29 is 19.4 Å². The summed E-state index contributed by atoms with van der Waals surface area (Å²) in [5.41, 5.74) is 1.46. The average molecular weight is 291 g/mol. The minimum atomic E-state index is -0.898. The van der Waals surface area contributed by atoms with E-state index in [1.807, 2.05) is 24.3 Å². The van der Waals surface area contributed by atoms with Crippen LogP contribution in [-0.2, 0) is 9.53 Å². The summed E-state index contributed by atoms with van der Waals surface area (Å²) in [5, 5.41) is 11.1. The molecule has 1 aromatic heterocycles. The SMILES string of the molecule is COC(=O)[C@H]1Sc2nc3ccc(OC)cc3cc2[C@@H]1O. The Kier molecular flexibility index (Phi) is 3.27. The van der Waals surface area contributed by atoms with Crippen molar-refractivity contribution in [1.29, 1.82) is 0 Å². The van der Waals surface area contributed by atoms with Crippen LogP contribution in [0, 0.1) is 0 Å². The molecule has 0 bridgehead atoms. The predicted molar refractivity (Wildman–Crippen MR) is 74.9 cm³/mol. The Morgan fingerprint density at radius 1 is 1.35 bits per heavy atom. The highest BCUT2D eigenvalue weighted by Gasteiger charge is 2.39. The molecule has 0 radical (unpaired) electrons. The summed E-state index contributed by atoms with van der Waals surface area (Å²) in [6.45, 7) is 0. The zero-order valence-corrected chi connectivity index (χ0v) is 11.8. The van der Waals surface area contributed by atoms with E-state index in [4.69, 9.17) is 9.47 Å². The summed E-state index contributed by atoms with van der Waals surface area (Å²) in [5.74, 6) is 0.283. The first kappa shape index (κ1) is 13.2. The van der Waals surface area contributed by atoms with Crippen molar-refractivity contribution >= 4 is 28.6 Å². The van der Waals surface area contributed by atoms with Gasteiger partial charge in [-0.05, 0) is 24.3 Å². The lowest BCUT2D eigenvalue weighted by Gasteiger charge is -2.10. The zero-order valence-electron chi connectivity index (χ0n) is 11.0. The van der Waals surface area contributed by atoms with E-state index in [0.29, 0.717) is 10.6 Å². The molecule has 0 aliphatic carbocycles. The highest BCUT2D eigenvalue weighted by atomic mass is 32.2. The molecular formula is C14H13NO4S. The monoisotopic (exact) mass is 291 g/mol. The molecule has 2 aromatic rings. The number of esters is 1. The molecule has 1 aromatic carbocycles. The quantitative estimate of drug-likeness (QED) is 0.853. The summed E-state index contributed by atoms with van der Waals surface area (Å²) in [7, 11) is 2.91. The van der Waals surface area contributed by atoms with Gasteiger partial charge >= 0.3 is 5.97 Å². The molecule has 1 aliphatic rings. The van der Waals surface area contributed by atoms with E-state index < -0.39 is 17.3 Å². The van der Waals surface area contributed by atoms with Gasteiger partial charge in [0.2, 0.25) is 0 Å². The van der Waals surface area contributed by atoms with Crippen LogP contribution in [0.5, 0.6) is 5.75 Å². The molecule has 0 spiro atoms. The van der Waals surface area contributed by atoms with Gasteiger partial charge in [0.05, 0.1) is 19.7 Å². The molecule has 2 heterocycles. The Bertz CT molecular complexity index is 688. The fraction of sp³-hybridized carbons (Fsp3) is 0.286. The van der Waals surface area contributed by atoms with Crippen LogP contribution in [0.25, 0.3) is 10.9 Å². The lowest BCUT2D eigenvalue weighted by molar-refractivity contribution is -0.141. The number of hydrogen-bond acceptors (Lipinski definition) is 6. The molecule has 20 heavy (non-hydrogen) atoms. The number of nitrogens with zero attached hydrogens (tertiary/aromatic N) is 1. The number of carbonyl (C=O) groups excluding carboxylic acids is 1. The van der Waals surface area contributed by atoms with E-state index in [0.717, 1.165) is 16.7 Å². The van der Waals surface area contributed by atoms with E-state index >= 15 is 0 Å². The van der Waals surface area contributed by atoms with E-state index in [-0.39, 0.29) is 0 Å². The maximum Gasteiger partial charge on any atom is 0.322 e. The Balaban J connectivity index is 2.07. The molecule has 3 rings (SSSR count). The van der Waals surface area contributed by atoms with Crippen molar-refractivity contribution in [3.05, 3.63) is 29.8 Å². The van der Waals surface area contributed by atoms with Crippen LogP contribution < -0.4 is 4.74 Å². The molecule has 0 unspecified atom stereocenters. The second kappa shape index (κ2) is 4.96. The maximum atomic E-state index is 11.6. The number of fused-ring (bicyclic) bond motifs is 2.